The summed E-state index contributed by atoms with van der Waals surface area (Å²) in [5.41, 5.74) is -0.379. The molecule has 3 heteroatoms. The van der Waals surface area contributed by atoms with Crippen LogP contribution in [0.2, 0.25) is 0 Å². The summed E-state index contributed by atoms with van der Waals surface area (Å²) in [6.07, 6.45) is 0.751. The number of halogens is 1. The van der Waals surface area contributed by atoms with E-state index in [1.54, 1.807) is 0 Å². The van der Waals surface area contributed by atoms with Gasteiger partial charge in [-0.15, -0.1) is 11.6 Å². The highest BCUT2D eigenvalue weighted by molar-refractivity contribution is 6.25. The molecule has 0 aromatic heterocycles. The van der Waals surface area contributed by atoms with Gasteiger partial charge in [-0.2, -0.15) is 0 Å². The second-order valence-electron chi connectivity index (χ2n) is 2.58. The van der Waals surface area contributed by atoms with Gasteiger partial charge in [-0.1, -0.05) is 0 Å². The maximum absolute atomic E-state index is 10.8. The van der Waals surface area contributed by atoms with Crippen LogP contribution < -0.4 is 0 Å². The summed E-state index contributed by atoms with van der Waals surface area (Å²) in [6.45, 7) is 1.82. The molecule has 0 bridgehead atoms. The first-order valence-corrected chi connectivity index (χ1v) is 3.27. The summed E-state index contributed by atoms with van der Waals surface area (Å²) in [7, 11) is 1.38. The second kappa shape index (κ2) is 1.87. The Morgan fingerprint density at radius 2 is 2.33 bits per heavy atom. The van der Waals surface area contributed by atoms with Gasteiger partial charge in [0.25, 0.3) is 0 Å². The monoisotopic (exact) mass is 148 g/mol. The van der Waals surface area contributed by atoms with Crippen molar-refractivity contribution in [3.05, 3.63) is 0 Å². The number of ether oxygens (including phenoxy) is 1. The van der Waals surface area contributed by atoms with E-state index in [0.717, 1.165) is 6.42 Å². The molecule has 1 aliphatic carbocycles. The van der Waals surface area contributed by atoms with Crippen LogP contribution >= 0.6 is 11.6 Å². The Morgan fingerprint density at radius 1 is 1.89 bits per heavy atom. The van der Waals surface area contributed by atoms with E-state index in [1.807, 2.05) is 6.92 Å². The molecule has 52 valence electrons. The van der Waals surface area contributed by atoms with Crippen LogP contribution in [0.15, 0.2) is 0 Å². The molecule has 1 fully saturated rings. The Kier molecular flexibility index (Phi) is 1.43. The molecule has 1 saturated carbocycles. The highest BCUT2D eigenvalue weighted by Gasteiger charge is 2.56. The molecule has 0 radical (unpaired) electrons. The molecular formula is C6H9ClO2. The molecule has 0 spiro atoms. The third-order valence-corrected chi connectivity index (χ3v) is 2.42. The summed E-state index contributed by atoms with van der Waals surface area (Å²) in [5.74, 6) is -0.192. The number of carbonyl (C=O) groups is 1. The van der Waals surface area contributed by atoms with E-state index in [-0.39, 0.29) is 16.8 Å². The van der Waals surface area contributed by atoms with E-state index in [0.29, 0.717) is 0 Å². The van der Waals surface area contributed by atoms with Crippen molar-refractivity contribution in [2.45, 2.75) is 18.7 Å². The molecule has 0 saturated heterocycles. The van der Waals surface area contributed by atoms with Crippen LogP contribution in [-0.2, 0) is 9.53 Å². The molecule has 0 aromatic rings. The largest absolute Gasteiger partial charge is 0.469 e. The summed E-state index contributed by atoms with van der Waals surface area (Å²) < 4.78 is 4.52. The molecule has 0 heterocycles. The van der Waals surface area contributed by atoms with E-state index in [1.165, 1.54) is 7.11 Å². The predicted molar refractivity (Wildman–Crippen MR) is 34.4 cm³/mol. The van der Waals surface area contributed by atoms with Crippen molar-refractivity contribution in [1.29, 1.82) is 0 Å². The third-order valence-electron chi connectivity index (χ3n) is 1.79. The zero-order chi connectivity index (χ0) is 7.07. The van der Waals surface area contributed by atoms with E-state index >= 15 is 0 Å². The maximum atomic E-state index is 10.8. The molecule has 0 aliphatic heterocycles. The fraction of sp³-hybridized carbons (Fsp3) is 0.833. The molecular weight excluding hydrogens is 140 g/mol. The molecule has 2 unspecified atom stereocenters. The van der Waals surface area contributed by atoms with E-state index in [2.05, 4.69) is 4.74 Å². The number of esters is 1. The van der Waals surface area contributed by atoms with Crippen LogP contribution in [0.1, 0.15) is 13.3 Å². The first kappa shape index (κ1) is 6.87. The summed E-state index contributed by atoms with van der Waals surface area (Å²) in [4.78, 5) is 10.8. The first-order chi connectivity index (χ1) is 4.11. The highest BCUT2D eigenvalue weighted by Crippen LogP contribution is 2.50. The van der Waals surface area contributed by atoms with Crippen LogP contribution in [0.3, 0.4) is 0 Å². The number of hydrogen-bond donors (Lipinski definition) is 0. The van der Waals surface area contributed by atoms with Gasteiger partial charge in [0.05, 0.1) is 17.9 Å². The second-order valence-corrected chi connectivity index (χ2v) is 3.11. The van der Waals surface area contributed by atoms with Gasteiger partial charge in [-0.25, -0.2) is 0 Å². The Hall–Kier alpha value is -0.240. The third kappa shape index (κ3) is 0.917. The summed E-state index contributed by atoms with van der Waals surface area (Å²) in [6, 6.07) is 0. The molecule has 0 N–H and O–H groups in total. The van der Waals surface area contributed by atoms with Crippen molar-refractivity contribution in [3.8, 4) is 0 Å². The number of rotatable bonds is 1. The van der Waals surface area contributed by atoms with Gasteiger partial charge < -0.3 is 4.74 Å². The summed E-state index contributed by atoms with van der Waals surface area (Å²) in [5, 5.41) is -0.00931. The lowest BCUT2D eigenvalue weighted by Gasteiger charge is -2.03. The lowest BCUT2D eigenvalue weighted by molar-refractivity contribution is -0.146. The lowest BCUT2D eigenvalue weighted by Crippen LogP contribution is -2.15. The Labute approximate surface area is 59.1 Å². The fourth-order valence-electron chi connectivity index (χ4n) is 0.758. The minimum Gasteiger partial charge on any atom is -0.469 e. The number of methoxy groups -OCH3 is 1. The van der Waals surface area contributed by atoms with Gasteiger partial charge >= 0.3 is 5.97 Å². The van der Waals surface area contributed by atoms with Crippen molar-refractivity contribution < 1.29 is 9.53 Å². The number of alkyl halides is 1. The molecule has 1 rings (SSSR count). The van der Waals surface area contributed by atoms with Gasteiger partial charge in [-0.3, -0.25) is 4.79 Å². The van der Waals surface area contributed by atoms with E-state index < -0.39 is 0 Å². The van der Waals surface area contributed by atoms with E-state index in [9.17, 15) is 4.79 Å². The van der Waals surface area contributed by atoms with Crippen LogP contribution in [0.25, 0.3) is 0 Å². The fourth-order valence-corrected chi connectivity index (χ4v) is 1.17. The number of hydrogen-bond acceptors (Lipinski definition) is 2. The lowest BCUT2D eigenvalue weighted by atomic mass is 10.1. The topological polar surface area (TPSA) is 26.3 Å². The first-order valence-electron chi connectivity index (χ1n) is 2.84. The van der Waals surface area contributed by atoms with Gasteiger partial charge in [0.2, 0.25) is 0 Å². The van der Waals surface area contributed by atoms with Crippen LogP contribution in [-0.4, -0.2) is 18.5 Å². The van der Waals surface area contributed by atoms with Crippen molar-refractivity contribution in [3.63, 3.8) is 0 Å². The quantitative estimate of drug-likeness (QED) is 0.412. The molecule has 0 aromatic carbocycles. The van der Waals surface area contributed by atoms with Gasteiger partial charge in [0.1, 0.15) is 0 Å². The minimum absolute atomic E-state index is 0.00931. The van der Waals surface area contributed by atoms with Crippen molar-refractivity contribution >= 4 is 17.6 Å². The summed E-state index contributed by atoms with van der Waals surface area (Å²) >= 11 is 5.67. The average molecular weight is 149 g/mol. The zero-order valence-corrected chi connectivity index (χ0v) is 6.23. The van der Waals surface area contributed by atoms with Crippen LogP contribution in [0.5, 0.6) is 0 Å². The Morgan fingerprint density at radius 3 is 2.44 bits per heavy atom. The smallest absolute Gasteiger partial charge is 0.313 e. The van der Waals surface area contributed by atoms with Crippen molar-refractivity contribution in [1.82, 2.24) is 0 Å². The number of carbonyl (C=O) groups excluding carboxylic acids is 1. The van der Waals surface area contributed by atoms with Crippen LogP contribution in [0, 0.1) is 5.41 Å². The molecule has 1 aliphatic rings. The predicted octanol–water partition coefficient (Wildman–Crippen LogP) is 1.18. The minimum atomic E-state index is -0.379. The van der Waals surface area contributed by atoms with Crippen LogP contribution in [0.4, 0.5) is 0 Å². The molecule has 2 nitrogen and oxygen atoms in total. The Balaban J connectivity index is 2.53. The van der Waals surface area contributed by atoms with Crippen molar-refractivity contribution in [2.24, 2.45) is 5.41 Å². The van der Waals surface area contributed by atoms with Gasteiger partial charge in [0, 0.05) is 0 Å². The van der Waals surface area contributed by atoms with E-state index in [4.69, 9.17) is 11.6 Å². The SMILES string of the molecule is COC(=O)C1(C)CC1Cl. The Bertz CT molecular complexity index is 146. The average Bonchev–Trinajstić information content (AvgIpc) is 2.41. The zero-order valence-electron chi connectivity index (χ0n) is 5.48. The normalized spacial score (nSPS) is 40.1. The molecule has 9 heavy (non-hydrogen) atoms. The highest BCUT2D eigenvalue weighted by atomic mass is 35.5. The van der Waals surface area contributed by atoms with Gasteiger partial charge in [0.15, 0.2) is 0 Å². The molecule has 2 atom stereocenters. The maximum Gasteiger partial charge on any atom is 0.313 e. The standard InChI is InChI=1S/C6H9ClO2/c1-6(3-4(6)7)5(8)9-2/h4H,3H2,1-2H3. The van der Waals surface area contributed by atoms with Crippen molar-refractivity contribution in [2.75, 3.05) is 7.11 Å². The molecule has 0 amide bonds. The van der Waals surface area contributed by atoms with Gasteiger partial charge in [-0.05, 0) is 13.3 Å².